The predicted octanol–water partition coefficient (Wildman–Crippen LogP) is 2.37. The molecule has 0 unspecified atom stereocenters. The number of hydrogen-bond acceptors (Lipinski definition) is 6. The first-order chi connectivity index (χ1) is 15.2. The molecule has 2 fully saturated rings. The Hall–Kier alpha value is -1.83. The lowest BCUT2D eigenvalue weighted by Gasteiger charge is -2.27. The van der Waals surface area contributed by atoms with Crippen LogP contribution in [0, 0.1) is 0 Å². The molecule has 1 aromatic carbocycles. The van der Waals surface area contributed by atoms with Gasteiger partial charge in [-0.3, -0.25) is 9.69 Å². The third-order valence-corrected chi connectivity index (χ3v) is 6.26. The number of amides is 1. The molecule has 7 heteroatoms. The molecule has 0 saturated carbocycles. The number of carbonyl (C=O) groups excluding carboxylic acids is 1. The maximum Gasteiger partial charge on any atom is 0.209 e. The summed E-state index contributed by atoms with van der Waals surface area (Å²) in [5.74, 6) is 1.36. The average Bonchev–Trinajstić information content (AvgIpc) is 2.99. The van der Waals surface area contributed by atoms with Crippen molar-refractivity contribution in [2.75, 3.05) is 59.5 Å². The van der Waals surface area contributed by atoms with Crippen molar-refractivity contribution in [1.29, 1.82) is 0 Å². The molecule has 1 atom stereocenters. The van der Waals surface area contributed by atoms with Crippen molar-refractivity contribution >= 4 is 6.41 Å². The fourth-order valence-corrected chi connectivity index (χ4v) is 4.47. The van der Waals surface area contributed by atoms with E-state index in [-0.39, 0.29) is 6.61 Å². The van der Waals surface area contributed by atoms with E-state index in [1.165, 1.54) is 32.1 Å². The summed E-state index contributed by atoms with van der Waals surface area (Å²) in [6.07, 6.45) is 7.78. The van der Waals surface area contributed by atoms with E-state index in [1.54, 1.807) is 7.11 Å². The molecule has 1 N–H and O–H groups in total. The Labute approximate surface area is 186 Å². The molecule has 0 spiro atoms. The zero-order valence-corrected chi connectivity index (χ0v) is 19.0. The highest BCUT2D eigenvalue weighted by Crippen LogP contribution is 2.29. The van der Waals surface area contributed by atoms with Crippen LogP contribution in [0.15, 0.2) is 18.2 Å². The number of aliphatic hydroxyl groups is 1. The van der Waals surface area contributed by atoms with Crippen LogP contribution < -0.4 is 9.47 Å². The van der Waals surface area contributed by atoms with Gasteiger partial charge in [0, 0.05) is 39.3 Å². The van der Waals surface area contributed by atoms with Gasteiger partial charge in [0.2, 0.25) is 6.41 Å². The molecule has 31 heavy (non-hydrogen) atoms. The van der Waals surface area contributed by atoms with Crippen LogP contribution >= 0.6 is 0 Å². The van der Waals surface area contributed by atoms with Crippen LogP contribution in [0.25, 0.3) is 0 Å². The SMILES string of the molecule is COc1cc(CN2CCCN(C=O)CC2)ccc1OC[C@@H](O)CN1CCCCCCC1. The second kappa shape index (κ2) is 12.9. The molecule has 1 aromatic rings. The Morgan fingerprint density at radius 2 is 1.68 bits per heavy atom. The van der Waals surface area contributed by atoms with Crippen LogP contribution in [-0.2, 0) is 11.3 Å². The van der Waals surface area contributed by atoms with Gasteiger partial charge in [0.05, 0.1) is 7.11 Å². The van der Waals surface area contributed by atoms with E-state index in [1.807, 2.05) is 17.0 Å². The summed E-state index contributed by atoms with van der Waals surface area (Å²) < 4.78 is 11.5. The van der Waals surface area contributed by atoms with Gasteiger partial charge in [0.1, 0.15) is 12.7 Å². The number of methoxy groups -OCH3 is 1. The molecular weight excluding hydrogens is 394 g/mol. The van der Waals surface area contributed by atoms with Gasteiger partial charge in [0.15, 0.2) is 11.5 Å². The molecule has 1 amide bonds. The van der Waals surface area contributed by atoms with Crippen LogP contribution in [0.5, 0.6) is 11.5 Å². The first-order valence-electron chi connectivity index (χ1n) is 11.8. The van der Waals surface area contributed by atoms with E-state index in [9.17, 15) is 9.90 Å². The monoisotopic (exact) mass is 433 g/mol. The molecule has 0 aromatic heterocycles. The Morgan fingerprint density at radius 1 is 0.935 bits per heavy atom. The molecule has 7 nitrogen and oxygen atoms in total. The molecule has 2 aliphatic heterocycles. The fourth-order valence-electron chi connectivity index (χ4n) is 4.47. The number of rotatable bonds is 9. The van der Waals surface area contributed by atoms with E-state index < -0.39 is 6.10 Å². The fraction of sp³-hybridized carbons (Fsp3) is 0.708. The largest absolute Gasteiger partial charge is 0.493 e. The van der Waals surface area contributed by atoms with Crippen molar-refractivity contribution in [3.63, 3.8) is 0 Å². The van der Waals surface area contributed by atoms with E-state index in [0.29, 0.717) is 18.0 Å². The Morgan fingerprint density at radius 3 is 2.42 bits per heavy atom. The Bertz CT molecular complexity index is 664. The quantitative estimate of drug-likeness (QED) is 0.603. The molecule has 0 radical (unpaired) electrons. The number of β-amino-alcohol motifs (C(OH)–C–C–N with tert-alkyl or cyclic N) is 1. The van der Waals surface area contributed by atoms with Gasteiger partial charge in [-0.15, -0.1) is 0 Å². The maximum atomic E-state index is 11.0. The van der Waals surface area contributed by atoms with Gasteiger partial charge >= 0.3 is 0 Å². The Balaban J connectivity index is 1.49. The number of likely N-dealkylation sites (tertiary alicyclic amines) is 1. The smallest absolute Gasteiger partial charge is 0.209 e. The van der Waals surface area contributed by atoms with Gasteiger partial charge in [-0.05, 0) is 50.0 Å². The van der Waals surface area contributed by atoms with Crippen molar-refractivity contribution in [1.82, 2.24) is 14.7 Å². The van der Waals surface area contributed by atoms with Crippen LogP contribution in [0.1, 0.15) is 44.1 Å². The van der Waals surface area contributed by atoms with E-state index in [0.717, 1.165) is 64.2 Å². The number of hydrogen-bond donors (Lipinski definition) is 1. The van der Waals surface area contributed by atoms with Crippen LogP contribution in [-0.4, -0.2) is 91.9 Å². The molecule has 3 rings (SSSR count). The van der Waals surface area contributed by atoms with Crippen LogP contribution in [0.2, 0.25) is 0 Å². The van der Waals surface area contributed by atoms with E-state index in [4.69, 9.17) is 9.47 Å². The molecule has 2 aliphatic rings. The third kappa shape index (κ3) is 7.98. The van der Waals surface area contributed by atoms with Crippen molar-refractivity contribution in [3.05, 3.63) is 23.8 Å². The summed E-state index contributed by atoms with van der Waals surface area (Å²) in [4.78, 5) is 17.6. The maximum absolute atomic E-state index is 11.0. The summed E-state index contributed by atoms with van der Waals surface area (Å²) >= 11 is 0. The number of aliphatic hydroxyl groups excluding tert-OH is 1. The average molecular weight is 434 g/mol. The number of ether oxygens (including phenoxy) is 2. The second-order valence-electron chi connectivity index (χ2n) is 8.79. The van der Waals surface area contributed by atoms with Crippen molar-refractivity contribution in [3.8, 4) is 11.5 Å². The van der Waals surface area contributed by atoms with Crippen molar-refractivity contribution < 1.29 is 19.4 Å². The molecular formula is C24H39N3O4. The number of carbonyl (C=O) groups is 1. The lowest BCUT2D eigenvalue weighted by Crippen LogP contribution is -2.37. The molecule has 2 saturated heterocycles. The lowest BCUT2D eigenvalue weighted by molar-refractivity contribution is -0.118. The van der Waals surface area contributed by atoms with Gasteiger partial charge in [0.25, 0.3) is 0 Å². The van der Waals surface area contributed by atoms with Gasteiger partial charge in [-0.2, -0.15) is 0 Å². The number of nitrogens with zero attached hydrogens (tertiary/aromatic N) is 3. The van der Waals surface area contributed by atoms with Gasteiger partial charge in [-0.25, -0.2) is 0 Å². The summed E-state index contributed by atoms with van der Waals surface area (Å²) in [5, 5.41) is 10.5. The highest BCUT2D eigenvalue weighted by Gasteiger charge is 2.17. The minimum atomic E-state index is -0.512. The lowest BCUT2D eigenvalue weighted by atomic mass is 10.1. The molecule has 2 heterocycles. The predicted molar refractivity (Wildman–Crippen MR) is 122 cm³/mol. The minimum Gasteiger partial charge on any atom is -0.493 e. The zero-order valence-electron chi connectivity index (χ0n) is 19.0. The highest BCUT2D eigenvalue weighted by atomic mass is 16.5. The van der Waals surface area contributed by atoms with Crippen LogP contribution in [0.4, 0.5) is 0 Å². The summed E-state index contributed by atoms with van der Waals surface area (Å²) in [6.45, 7) is 7.34. The van der Waals surface area contributed by atoms with Crippen molar-refractivity contribution in [2.24, 2.45) is 0 Å². The first kappa shape index (κ1) is 23.8. The first-order valence-corrected chi connectivity index (χ1v) is 11.8. The normalized spacial score (nSPS) is 20.4. The van der Waals surface area contributed by atoms with Crippen LogP contribution in [0.3, 0.4) is 0 Å². The topological polar surface area (TPSA) is 65.5 Å². The molecule has 0 bridgehead atoms. The summed E-state index contributed by atoms with van der Waals surface area (Å²) in [5.41, 5.74) is 1.16. The standard InChI is InChI=1S/C24H39N3O4/c1-30-24-16-21(17-26-12-7-13-27(20-28)15-14-26)8-9-23(24)31-19-22(29)18-25-10-5-3-2-4-6-11-25/h8-9,16,20,22,29H,2-7,10-15,17-19H2,1H3/t22-/m0/s1. The summed E-state index contributed by atoms with van der Waals surface area (Å²) in [6, 6.07) is 6.01. The minimum absolute atomic E-state index is 0.264. The van der Waals surface area contributed by atoms with E-state index >= 15 is 0 Å². The van der Waals surface area contributed by atoms with Gasteiger partial charge < -0.3 is 24.4 Å². The van der Waals surface area contributed by atoms with Crippen molar-refractivity contribution in [2.45, 2.75) is 51.2 Å². The zero-order chi connectivity index (χ0) is 21.9. The van der Waals surface area contributed by atoms with E-state index in [2.05, 4.69) is 15.9 Å². The number of benzene rings is 1. The van der Waals surface area contributed by atoms with Gasteiger partial charge in [-0.1, -0.05) is 25.3 Å². The highest BCUT2D eigenvalue weighted by molar-refractivity contribution is 5.47. The Kier molecular flexibility index (Phi) is 9.90. The molecule has 174 valence electrons. The second-order valence-corrected chi connectivity index (χ2v) is 8.79. The molecule has 0 aliphatic carbocycles. The summed E-state index contributed by atoms with van der Waals surface area (Å²) in [7, 11) is 1.65. The third-order valence-electron chi connectivity index (χ3n) is 6.26.